The van der Waals surface area contributed by atoms with Crippen molar-refractivity contribution in [2.45, 2.75) is 19.9 Å². The monoisotopic (exact) mass is 366 g/mol. The summed E-state index contributed by atoms with van der Waals surface area (Å²) in [7, 11) is 1.30. The Morgan fingerprint density at radius 2 is 1.96 bits per heavy atom. The van der Waals surface area contributed by atoms with Crippen molar-refractivity contribution < 1.29 is 14.3 Å². The van der Waals surface area contributed by atoms with Gasteiger partial charge in [0.1, 0.15) is 5.92 Å². The van der Waals surface area contributed by atoms with E-state index in [2.05, 4.69) is 18.7 Å². The van der Waals surface area contributed by atoms with E-state index < -0.39 is 11.9 Å². The number of carbonyl (C=O) groups excluding carboxylic acids is 2. The lowest BCUT2D eigenvalue weighted by molar-refractivity contribution is -0.146. The van der Waals surface area contributed by atoms with Crippen LogP contribution in [0.15, 0.2) is 59.8 Å². The average Bonchev–Trinajstić information content (AvgIpc) is 2.67. The van der Waals surface area contributed by atoms with Gasteiger partial charge in [0.05, 0.1) is 13.2 Å². The van der Waals surface area contributed by atoms with Crippen molar-refractivity contribution in [2.75, 3.05) is 20.2 Å². The van der Waals surface area contributed by atoms with E-state index in [0.717, 1.165) is 23.3 Å². The van der Waals surface area contributed by atoms with Gasteiger partial charge in [-0.2, -0.15) is 0 Å². The molecular weight excluding hydrogens is 340 g/mol. The largest absolute Gasteiger partial charge is 0.468 e. The van der Waals surface area contributed by atoms with E-state index in [1.165, 1.54) is 7.11 Å². The van der Waals surface area contributed by atoms with E-state index in [-0.39, 0.29) is 11.8 Å². The molecule has 27 heavy (non-hydrogen) atoms. The minimum atomic E-state index is -0.907. The summed E-state index contributed by atoms with van der Waals surface area (Å²) in [5.41, 5.74) is 9.40. The molecule has 5 heteroatoms. The Kier molecular flexibility index (Phi) is 5.61. The lowest BCUT2D eigenvalue weighted by atomic mass is 9.77. The van der Waals surface area contributed by atoms with Crippen LogP contribution in [0.1, 0.15) is 19.4 Å². The van der Waals surface area contributed by atoms with Crippen LogP contribution in [0.25, 0.3) is 5.57 Å². The first-order chi connectivity index (χ1) is 13.0. The predicted octanol–water partition coefficient (Wildman–Crippen LogP) is 2.55. The van der Waals surface area contributed by atoms with Crippen molar-refractivity contribution >= 4 is 17.3 Å². The molecule has 1 aromatic rings. The number of esters is 1. The zero-order valence-electron chi connectivity index (χ0n) is 16.0. The number of nitrogens with zero attached hydrogens (tertiary/aromatic N) is 1. The highest BCUT2D eigenvalue weighted by Gasteiger charge is 2.39. The summed E-state index contributed by atoms with van der Waals surface area (Å²) in [6.45, 7) is 5.52. The van der Waals surface area contributed by atoms with Gasteiger partial charge >= 0.3 is 5.97 Å². The Bertz CT molecular complexity index is 821. The number of ketones is 1. The van der Waals surface area contributed by atoms with E-state index in [4.69, 9.17) is 10.5 Å². The number of ether oxygens (including phenoxy) is 1. The molecule has 5 nitrogen and oxygen atoms in total. The van der Waals surface area contributed by atoms with Crippen LogP contribution >= 0.6 is 0 Å². The van der Waals surface area contributed by atoms with Crippen LogP contribution in [0.3, 0.4) is 0 Å². The summed E-state index contributed by atoms with van der Waals surface area (Å²) < 4.78 is 4.82. The van der Waals surface area contributed by atoms with Crippen LogP contribution in [0, 0.1) is 11.8 Å². The first-order valence-electron chi connectivity index (χ1n) is 9.25. The molecule has 1 aliphatic carbocycles. The smallest absolute Gasteiger partial charge is 0.320 e. The van der Waals surface area contributed by atoms with Gasteiger partial charge in [-0.1, -0.05) is 56.3 Å². The van der Waals surface area contributed by atoms with Crippen LogP contribution in [-0.4, -0.2) is 42.9 Å². The molecule has 0 fully saturated rings. The Morgan fingerprint density at radius 3 is 2.56 bits per heavy atom. The van der Waals surface area contributed by atoms with Gasteiger partial charge in [0.15, 0.2) is 5.78 Å². The second kappa shape index (κ2) is 7.92. The van der Waals surface area contributed by atoms with Crippen LogP contribution < -0.4 is 5.73 Å². The molecule has 2 atom stereocenters. The van der Waals surface area contributed by atoms with Gasteiger partial charge in [0.25, 0.3) is 0 Å². The number of rotatable bonds is 5. The molecule has 1 aromatic carbocycles. The van der Waals surface area contributed by atoms with Gasteiger partial charge in [-0.25, -0.2) is 0 Å². The molecule has 0 saturated heterocycles. The van der Waals surface area contributed by atoms with Crippen molar-refractivity contribution in [3.63, 3.8) is 0 Å². The van der Waals surface area contributed by atoms with Crippen LogP contribution in [0.2, 0.25) is 0 Å². The molecule has 0 aromatic heterocycles. The van der Waals surface area contributed by atoms with Gasteiger partial charge in [0, 0.05) is 30.4 Å². The fraction of sp³-hybridized carbons (Fsp3) is 0.364. The summed E-state index contributed by atoms with van der Waals surface area (Å²) in [5, 5.41) is 0. The van der Waals surface area contributed by atoms with E-state index in [9.17, 15) is 9.59 Å². The summed E-state index contributed by atoms with van der Waals surface area (Å²) in [4.78, 5) is 27.5. The molecule has 0 saturated carbocycles. The SMILES string of the molecule is COC(=O)C1C=CC2=CN(CC(C)C)C(CN)C(c3ccccc3)=C2C1=O. The molecule has 0 spiro atoms. The lowest BCUT2D eigenvalue weighted by Gasteiger charge is -2.40. The number of nitrogens with two attached hydrogens (primary N) is 1. The Balaban J connectivity index is 2.20. The maximum Gasteiger partial charge on any atom is 0.320 e. The van der Waals surface area contributed by atoms with Gasteiger partial charge in [-0.3, -0.25) is 9.59 Å². The average molecular weight is 366 g/mol. The molecular formula is C22H26N2O3. The molecule has 0 bridgehead atoms. The van der Waals surface area contributed by atoms with Gasteiger partial charge in [-0.15, -0.1) is 0 Å². The minimum Gasteiger partial charge on any atom is -0.468 e. The third kappa shape index (κ3) is 3.60. The lowest BCUT2D eigenvalue weighted by Crippen LogP contribution is -2.44. The second-order valence-electron chi connectivity index (χ2n) is 7.31. The molecule has 2 aliphatic rings. The first kappa shape index (κ1) is 19.1. The molecule has 2 N–H and O–H groups in total. The zero-order valence-corrected chi connectivity index (χ0v) is 16.0. The third-order valence-electron chi connectivity index (χ3n) is 4.93. The van der Waals surface area contributed by atoms with Crippen molar-refractivity contribution in [2.24, 2.45) is 17.6 Å². The number of Topliss-reactive ketones (excluding diaryl/α,β-unsaturated/α-hetero) is 1. The molecule has 1 aliphatic heterocycles. The molecule has 0 amide bonds. The molecule has 142 valence electrons. The van der Waals surface area contributed by atoms with E-state index in [1.807, 2.05) is 42.6 Å². The van der Waals surface area contributed by atoms with Crippen molar-refractivity contribution in [1.82, 2.24) is 4.90 Å². The maximum absolute atomic E-state index is 13.2. The van der Waals surface area contributed by atoms with Crippen molar-refractivity contribution in [3.05, 3.63) is 65.4 Å². The van der Waals surface area contributed by atoms with Crippen LogP contribution in [-0.2, 0) is 14.3 Å². The standard InChI is InChI=1S/C22H26N2O3/c1-14(2)12-24-13-16-9-10-17(22(26)27-3)21(25)20(16)19(18(24)11-23)15-7-5-4-6-8-15/h4-10,13-14,17-18H,11-12,23H2,1-3H3. The summed E-state index contributed by atoms with van der Waals surface area (Å²) in [5.74, 6) is -1.22. The highest BCUT2D eigenvalue weighted by Crippen LogP contribution is 2.39. The van der Waals surface area contributed by atoms with E-state index in [1.54, 1.807) is 6.08 Å². The number of benzene rings is 1. The van der Waals surface area contributed by atoms with Gasteiger partial charge in [-0.05, 0) is 17.1 Å². The Hall–Kier alpha value is -2.66. The van der Waals surface area contributed by atoms with Crippen LogP contribution in [0.4, 0.5) is 0 Å². The fourth-order valence-corrected chi connectivity index (χ4v) is 3.79. The van der Waals surface area contributed by atoms with Crippen molar-refractivity contribution in [3.8, 4) is 0 Å². The fourth-order valence-electron chi connectivity index (χ4n) is 3.79. The molecule has 1 heterocycles. The summed E-state index contributed by atoms with van der Waals surface area (Å²) in [6, 6.07) is 9.68. The van der Waals surface area contributed by atoms with Gasteiger partial charge < -0.3 is 15.4 Å². The summed E-state index contributed by atoms with van der Waals surface area (Å²) in [6.07, 6.45) is 5.48. The molecule has 3 rings (SSSR count). The Morgan fingerprint density at radius 1 is 1.26 bits per heavy atom. The number of hydrogen-bond donors (Lipinski definition) is 1. The van der Waals surface area contributed by atoms with Gasteiger partial charge in [0.2, 0.25) is 0 Å². The number of hydrogen-bond acceptors (Lipinski definition) is 5. The topological polar surface area (TPSA) is 72.6 Å². The summed E-state index contributed by atoms with van der Waals surface area (Å²) >= 11 is 0. The van der Waals surface area contributed by atoms with E-state index >= 15 is 0 Å². The third-order valence-corrected chi connectivity index (χ3v) is 4.93. The highest BCUT2D eigenvalue weighted by atomic mass is 16.5. The van der Waals surface area contributed by atoms with Crippen LogP contribution in [0.5, 0.6) is 0 Å². The predicted molar refractivity (Wildman–Crippen MR) is 105 cm³/mol. The number of fused-ring (bicyclic) bond motifs is 1. The molecule has 2 unspecified atom stereocenters. The van der Waals surface area contributed by atoms with E-state index in [0.29, 0.717) is 18.0 Å². The normalized spacial score (nSPS) is 22.0. The number of methoxy groups -OCH3 is 1. The minimum absolute atomic E-state index is 0.123. The molecule has 0 radical (unpaired) electrons. The second-order valence-corrected chi connectivity index (χ2v) is 7.31. The first-order valence-corrected chi connectivity index (χ1v) is 9.25. The van der Waals surface area contributed by atoms with Crippen molar-refractivity contribution in [1.29, 1.82) is 0 Å². The quantitative estimate of drug-likeness (QED) is 0.640. The maximum atomic E-state index is 13.2. The Labute approximate surface area is 160 Å². The zero-order chi connectivity index (χ0) is 19.6. The highest BCUT2D eigenvalue weighted by molar-refractivity contribution is 6.18. The number of carbonyl (C=O) groups is 2. The number of allylic oxidation sites excluding steroid dienone is 3.